The zero-order chi connectivity index (χ0) is 19.7. The molecule has 1 aromatic carbocycles. The Labute approximate surface area is 170 Å². The Kier molecular flexibility index (Phi) is 3.92. The van der Waals surface area contributed by atoms with Crippen LogP contribution in [0.15, 0.2) is 30.5 Å². The number of hydrazine groups is 1. The van der Waals surface area contributed by atoms with E-state index in [9.17, 15) is 4.79 Å². The maximum atomic E-state index is 13.7. The van der Waals surface area contributed by atoms with Crippen LogP contribution < -0.4 is 5.32 Å². The Morgan fingerprint density at radius 1 is 1.38 bits per heavy atom. The molecule has 0 unspecified atom stereocenters. The Bertz CT molecular complexity index is 1010. The van der Waals surface area contributed by atoms with E-state index in [-0.39, 0.29) is 24.0 Å². The molecule has 4 heterocycles. The summed E-state index contributed by atoms with van der Waals surface area (Å²) in [5, 5.41) is 8.04. The number of nitrogens with zero attached hydrogens (tertiary/aromatic N) is 2. The highest BCUT2D eigenvalue weighted by atomic mass is 16.5. The number of nitrogens with one attached hydrogen (secondary N) is 1. The third-order valence-corrected chi connectivity index (χ3v) is 7.17. The third kappa shape index (κ3) is 2.62. The monoisotopic (exact) mass is 393 g/mol. The summed E-state index contributed by atoms with van der Waals surface area (Å²) in [7, 11) is 0. The number of rotatable bonds is 3. The molecule has 6 heteroatoms. The van der Waals surface area contributed by atoms with Crippen molar-refractivity contribution in [2.24, 2.45) is 5.92 Å². The van der Waals surface area contributed by atoms with Crippen LogP contribution in [-0.4, -0.2) is 64.8 Å². The van der Waals surface area contributed by atoms with Gasteiger partial charge >= 0.3 is 0 Å². The molecular formula is C23H29N4O2+. The second-order valence-corrected chi connectivity index (χ2v) is 9.30. The number of quaternary nitrogens is 1. The van der Waals surface area contributed by atoms with Crippen LogP contribution in [0.5, 0.6) is 0 Å². The summed E-state index contributed by atoms with van der Waals surface area (Å²) in [5.74, 6) is 0.154. The number of hydrogen-bond acceptors (Lipinski definition) is 3. The van der Waals surface area contributed by atoms with Gasteiger partial charge in [-0.25, -0.2) is 5.01 Å². The van der Waals surface area contributed by atoms with Crippen molar-refractivity contribution in [3.63, 3.8) is 0 Å². The van der Waals surface area contributed by atoms with Crippen molar-refractivity contribution in [1.82, 2.24) is 15.0 Å². The van der Waals surface area contributed by atoms with Gasteiger partial charge in [0.15, 0.2) is 0 Å². The average molecular weight is 394 g/mol. The van der Waals surface area contributed by atoms with Gasteiger partial charge in [0.2, 0.25) is 5.91 Å². The number of carbonyl (C=O) groups excluding carboxylic acids is 1. The molecule has 3 aliphatic heterocycles. The van der Waals surface area contributed by atoms with E-state index in [1.807, 2.05) is 5.01 Å². The molecule has 29 heavy (non-hydrogen) atoms. The molecule has 2 bridgehead atoms. The topological polar surface area (TPSA) is 65.2 Å². The lowest BCUT2D eigenvalue weighted by atomic mass is 9.80. The third-order valence-electron chi connectivity index (χ3n) is 7.17. The normalized spacial score (nSPS) is 30.7. The van der Waals surface area contributed by atoms with Crippen molar-refractivity contribution >= 4 is 22.4 Å². The quantitative estimate of drug-likeness (QED) is 0.826. The van der Waals surface area contributed by atoms with E-state index < -0.39 is 0 Å². The van der Waals surface area contributed by atoms with Crippen molar-refractivity contribution in [2.45, 2.75) is 50.9 Å². The van der Waals surface area contributed by atoms with Gasteiger partial charge in [-0.05, 0) is 37.5 Å². The molecule has 6 nitrogen and oxygen atoms in total. The predicted molar refractivity (Wildman–Crippen MR) is 111 cm³/mol. The minimum absolute atomic E-state index is 0.0838. The minimum atomic E-state index is -0.0838. The summed E-state index contributed by atoms with van der Waals surface area (Å²) in [4.78, 5) is 17.1. The summed E-state index contributed by atoms with van der Waals surface area (Å²) in [6.07, 6.45) is 6.80. The SMILES string of the molecule is CC(C)N(C(=O)[C@@H]1C=C2c3cccc4[nH]cc(c34)C[C@H]2[NH2+]C1)N1C[C@@H]2C[C@H]1CO2. The predicted octanol–water partition coefficient (Wildman–Crippen LogP) is 1.29. The number of aromatic amines is 1. The Morgan fingerprint density at radius 2 is 2.28 bits per heavy atom. The van der Waals surface area contributed by atoms with Gasteiger partial charge in [-0.15, -0.1) is 0 Å². The van der Waals surface area contributed by atoms with E-state index in [1.54, 1.807) is 0 Å². The summed E-state index contributed by atoms with van der Waals surface area (Å²) < 4.78 is 5.77. The van der Waals surface area contributed by atoms with Gasteiger partial charge in [-0.2, -0.15) is 0 Å². The lowest BCUT2D eigenvalue weighted by molar-refractivity contribution is -0.681. The van der Waals surface area contributed by atoms with Gasteiger partial charge in [0.05, 0.1) is 25.3 Å². The maximum absolute atomic E-state index is 13.7. The highest BCUT2D eigenvalue weighted by molar-refractivity contribution is 5.98. The fourth-order valence-corrected chi connectivity index (χ4v) is 5.89. The summed E-state index contributed by atoms with van der Waals surface area (Å²) >= 11 is 0. The molecule has 3 N–H and O–H groups in total. The zero-order valence-corrected chi connectivity index (χ0v) is 17.1. The lowest BCUT2D eigenvalue weighted by Crippen LogP contribution is -2.93. The van der Waals surface area contributed by atoms with Gasteiger partial charge in [0.1, 0.15) is 12.0 Å². The first kappa shape index (κ1) is 17.7. The molecule has 0 spiro atoms. The van der Waals surface area contributed by atoms with Crippen LogP contribution in [0.25, 0.3) is 16.5 Å². The summed E-state index contributed by atoms with van der Waals surface area (Å²) in [6.45, 7) is 6.67. The van der Waals surface area contributed by atoms with Crippen LogP contribution in [0, 0.1) is 5.92 Å². The average Bonchev–Trinajstić information content (AvgIpc) is 3.45. The van der Waals surface area contributed by atoms with E-state index in [2.05, 4.69) is 59.6 Å². The molecule has 0 radical (unpaired) electrons. The number of fused-ring (bicyclic) bond motifs is 4. The van der Waals surface area contributed by atoms with E-state index in [1.165, 1.54) is 27.6 Å². The number of ether oxygens (including phenoxy) is 1. The second-order valence-electron chi connectivity index (χ2n) is 9.30. The molecule has 1 aromatic heterocycles. The van der Waals surface area contributed by atoms with Crippen molar-refractivity contribution in [3.8, 4) is 0 Å². The number of amides is 1. The first-order valence-corrected chi connectivity index (χ1v) is 11.0. The summed E-state index contributed by atoms with van der Waals surface area (Å²) in [6, 6.07) is 7.40. The highest BCUT2D eigenvalue weighted by Crippen LogP contribution is 2.37. The van der Waals surface area contributed by atoms with Crippen LogP contribution in [0.1, 0.15) is 31.4 Å². The number of nitrogens with two attached hydrogens (primary N) is 1. The smallest absolute Gasteiger partial charge is 0.249 e. The maximum Gasteiger partial charge on any atom is 0.249 e. The number of H-pyrrole nitrogens is 1. The molecule has 2 saturated heterocycles. The number of carbonyl (C=O) groups is 1. The van der Waals surface area contributed by atoms with Crippen LogP contribution in [0.4, 0.5) is 0 Å². The molecule has 1 aliphatic carbocycles. The van der Waals surface area contributed by atoms with Crippen molar-refractivity contribution < 1.29 is 14.8 Å². The fourth-order valence-electron chi connectivity index (χ4n) is 5.89. The van der Waals surface area contributed by atoms with E-state index >= 15 is 0 Å². The molecule has 6 rings (SSSR count). The van der Waals surface area contributed by atoms with Gasteiger partial charge in [0.25, 0.3) is 0 Å². The number of morpholine rings is 1. The van der Waals surface area contributed by atoms with E-state index in [0.717, 1.165) is 32.5 Å². The molecule has 4 atom stereocenters. The van der Waals surface area contributed by atoms with Gasteiger partial charge in [0, 0.05) is 41.7 Å². The largest absolute Gasteiger partial charge is 0.375 e. The van der Waals surface area contributed by atoms with E-state index in [4.69, 9.17) is 4.74 Å². The number of benzene rings is 1. The molecular weight excluding hydrogens is 364 g/mol. The molecule has 4 aliphatic rings. The van der Waals surface area contributed by atoms with Gasteiger partial charge < -0.3 is 15.0 Å². The molecule has 1 amide bonds. The highest BCUT2D eigenvalue weighted by Gasteiger charge is 2.46. The van der Waals surface area contributed by atoms with E-state index in [0.29, 0.717) is 12.1 Å². The van der Waals surface area contributed by atoms with Crippen LogP contribution in [0.3, 0.4) is 0 Å². The molecule has 2 aromatic rings. The number of aromatic nitrogens is 1. The Hall–Kier alpha value is -2.15. The Balaban J connectivity index is 1.35. The zero-order valence-electron chi connectivity index (χ0n) is 17.1. The van der Waals surface area contributed by atoms with Crippen LogP contribution >= 0.6 is 0 Å². The lowest BCUT2D eigenvalue weighted by Gasteiger charge is -2.42. The number of hydrogen-bond donors (Lipinski definition) is 2. The molecule has 152 valence electrons. The van der Waals surface area contributed by atoms with Crippen molar-refractivity contribution in [1.29, 1.82) is 0 Å². The summed E-state index contributed by atoms with van der Waals surface area (Å²) in [5.41, 5.74) is 5.23. The standard InChI is InChI=1S/C23H28N4O2/c1-13(2)27(26-11-17-8-16(26)12-29-17)23(28)15-6-19-18-4-3-5-20-22(18)14(9-24-20)7-21(19)25-10-15/h3-6,9,13,15-17,21,24-25H,7-8,10-12H2,1-2H3/p+1/t15-,16+,17+,21-/m1/s1. The van der Waals surface area contributed by atoms with Crippen LogP contribution in [-0.2, 0) is 16.0 Å². The van der Waals surface area contributed by atoms with Crippen molar-refractivity contribution in [3.05, 3.63) is 41.6 Å². The molecule has 2 fully saturated rings. The fraction of sp³-hybridized carbons (Fsp3) is 0.522. The van der Waals surface area contributed by atoms with Gasteiger partial charge in [-0.1, -0.05) is 18.2 Å². The second kappa shape index (κ2) is 6.42. The first-order chi connectivity index (χ1) is 14.1. The van der Waals surface area contributed by atoms with Crippen molar-refractivity contribution in [2.75, 3.05) is 19.7 Å². The van der Waals surface area contributed by atoms with Gasteiger partial charge in [-0.3, -0.25) is 9.80 Å². The minimum Gasteiger partial charge on any atom is -0.375 e. The molecule has 0 saturated carbocycles. The first-order valence-electron chi connectivity index (χ1n) is 11.0. The van der Waals surface area contributed by atoms with Crippen LogP contribution in [0.2, 0.25) is 0 Å². The Morgan fingerprint density at radius 3 is 3.03 bits per heavy atom.